The lowest BCUT2D eigenvalue weighted by molar-refractivity contribution is -0.121. The molecule has 3 aromatic carbocycles. The summed E-state index contributed by atoms with van der Waals surface area (Å²) >= 11 is 1.58. The highest BCUT2D eigenvalue weighted by Gasteiger charge is 2.31. The number of benzene rings is 3. The first-order valence-electron chi connectivity index (χ1n) is 11.2. The van der Waals surface area contributed by atoms with Crippen molar-refractivity contribution < 1.29 is 23.8 Å². The third-order valence-corrected chi connectivity index (χ3v) is 7.10. The van der Waals surface area contributed by atoms with E-state index in [0.717, 1.165) is 21.7 Å². The minimum absolute atomic E-state index is 0.0771. The molecule has 0 radical (unpaired) electrons. The van der Waals surface area contributed by atoms with Crippen molar-refractivity contribution >= 4 is 35.0 Å². The number of carbonyl (C=O) groups excluding carboxylic acids is 2. The molecule has 0 fully saturated rings. The van der Waals surface area contributed by atoms with Crippen LogP contribution in [0.4, 0.5) is 11.4 Å². The largest absolute Gasteiger partial charge is 0.493 e. The molecular weight excluding hydrogens is 464 g/mol. The Labute approximate surface area is 209 Å². The Hall–Kier alpha value is -3.65. The number of carbonyl (C=O) groups is 2. The number of hydrogen-bond donors (Lipinski definition) is 1. The van der Waals surface area contributed by atoms with Crippen molar-refractivity contribution in [2.75, 3.05) is 38.1 Å². The van der Waals surface area contributed by atoms with Crippen LogP contribution >= 0.6 is 11.8 Å². The number of thioether (sulfide) groups is 1. The number of para-hydroxylation sites is 1. The average molecular weight is 493 g/mol. The van der Waals surface area contributed by atoms with Crippen molar-refractivity contribution in [2.45, 2.75) is 23.5 Å². The van der Waals surface area contributed by atoms with Crippen molar-refractivity contribution in [1.82, 2.24) is 0 Å². The molecule has 8 heteroatoms. The smallest absolute Gasteiger partial charge is 0.244 e. The number of hydrogen-bond acceptors (Lipinski definition) is 6. The quantitative estimate of drug-likeness (QED) is 0.487. The molecule has 0 spiro atoms. The minimum Gasteiger partial charge on any atom is -0.493 e. The third-order valence-electron chi connectivity index (χ3n) is 5.78. The fourth-order valence-electron chi connectivity index (χ4n) is 4.01. The summed E-state index contributed by atoms with van der Waals surface area (Å²) in [5, 5.41) is 2.68. The molecule has 35 heavy (non-hydrogen) atoms. The van der Waals surface area contributed by atoms with Gasteiger partial charge in [-0.3, -0.25) is 9.59 Å². The van der Waals surface area contributed by atoms with E-state index >= 15 is 0 Å². The Morgan fingerprint density at radius 2 is 1.66 bits per heavy atom. The maximum absolute atomic E-state index is 13.5. The van der Waals surface area contributed by atoms with Crippen LogP contribution in [0.25, 0.3) is 0 Å². The summed E-state index contributed by atoms with van der Waals surface area (Å²) < 4.78 is 16.5. The van der Waals surface area contributed by atoms with Gasteiger partial charge in [0.1, 0.15) is 6.54 Å². The maximum atomic E-state index is 13.5. The van der Waals surface area contributed by atoms with Crippen LogP contribution in [0.5, 0.6) is 17.2 Å². The molecule has 0 saturated carbocycles. The lowest BCUT2D eigenvalue weighted by Crippen LogP contribution is -2.38. The van der Waals surface area contributed by atoms with Crippen molar-refractivity contribution in [3.8, 4) is 17.2 Å². The van der Waals surface area contributed by atoms with E-state index in [1.54, 1.807) is 38.0 Å². The Bertz CT molecular complexity index is 1200. The van der Waals surface area contributed by atoms with E-state index in [0.29, 0.717) is 22.9 Å². The van der Waals surface area contributed by atoms with Crippen molar-refractivity contribution in [3.05, 3.63) is 71.8 Å². The van der Waals surface area contributed by atoms with E-state index < -0.39 is 0 Å². The van der Waals surface area contributed by atoms with Crippen LogP contribution in [0.1, 0.15) is 22.8 Å². The van der Waals surface area contributed by atoms with Gasteiger partial charge in [-0.1, -0.05) is 29.8 Å². The zero-order valence-electron chi connectivity index (χ0n) is 20.2. The van der Waals surface area contributed by atoms with Crippen LogP contribution < -0.4 is 24.4 Å². The highest BCUT2D eigenvalue weighted by Crippen LogP contribution is 2.49. The molecule has 0 aliphatic carbocycles. The molecule has 1 aliphatic rings. The normalized spacial score (nSPS) is 15.1. The predicted molar refractivity (Wildman–Crippen MR) is 138 cm³/mol. The van der Waals surface area contributed by atoms with Gasteiger partial charge >= 0.3 is 0 Å². The van der Waals surface area contributed by atoms with Crippen LogP contribution in [0.2, 0.25) is 0 Å². The molecule has 0 aromatic heterocycles. The summed E-state index contributed by atoms with van der Waals surface area (Å²) in [5.41, 5.74) is 3.39. The highest BCUT2D eigenvalue weighted by molar-refractivity contribution is 7.99. The molecule has 3 aromatic rings. The molecule has 1 atom stereocenters. The van der Waals surface area contributed by atoms with Gasteiger partial charge in [0.25, 0.3) is 0 Å². The Balaban J connectivity index is 1.63. The molecule has 2 amide bonds. The van der Waals surface area contributed by atoms with Crippen molar-refractivity contribution in [2.24, 2.45) is 0 Å². The van der Waals surface area contributed by atoms with Gasteiger partial charge in [0.15, 0.2) is 11.5 Å². The molecule has 0 bridgehead atoms. The van der Waals surface area contributed by atoms with Gasteiger partial charge in [-0.2, -0.15) is 0 Å². The molecule has 0 saturated heterocycles. The van der Waals surface area contributed by atoms with E-state index in [1.807, 2.05) is 67.6 Å². The number of amides is 2. The molecule has 0 unspecified atom stereocenters. The van der Waals surface area contributed by atoms with Crippen LogP contribution in [-0.2, 0) is 9.59 Å². The number of nitrogens with one attached hydrogen (secondary N) is 1. The lowest BCUT2D eigenvalue weighted by Gasteiger charge is -2.22. The van der Waals surface area contributed by atoms with Crippen molar-refractivity contribution in [3.63, 3.8) is 0 Å². The molecule has 1 heterocycles. The monoisotopic (exact) mass is 492 g/mol. The number of fused-ring (bicyclic) bond motifs is 1. The number of rotatable bonds is 7. The van der Waals surface area contributed by atoms with E-state index in [4.69, 9.17) is 14.2 Å². The predicted octanol–water partition coefficient (Wildman–Crippen LogP) is 5.23. The van der Waals surface area contributed by atoms with Gasteiger partial charge in [0.2, 0.25) is 17.6 Å². The summed E-state index contributed by atoms with van der Waals surface area (Å²) in [6.07, 6.45) is 0.204. The number of anilines is 2. The van der Waals surface area contributed by atoms with Crippen LogP contribution in [0.15, 0.2) is 65.6 Å². The van der Waals surface area contributed by atoms with Gasteiger partial charge in [-0.25, -0.2) is 0 Å². The second-order valence-electron chi connectivity index (χ2n) is 8.13. The number of ether oxygens (including phenoxy) is 3. The van der Waals surface area contributed by atoms with Gasteiger partial charge in [-0.05, 0) is 48.9 Å². The van der Waals surface area contributed by atoms with Crippen LogP contribution in [0.3, 0.4) is 0 Å². The lowest BCUT2D eigenvalue weighted by atomic mass is 10.1. The molecule has 7 nitrogen and oxygen atoms in total. The topological polar surface area (TPSA) is 77.1 Å². The highest BCUT2D eigenvalue weighted by atomic mass is 32.2. The molecule has 182 valence electrons. The van der Waals surface area contributed by atoms with E-state index in [-0.39, 0.29) is 30.0 Å². The first-order valence-corrected chi connectivity index (χ1v) is 12.0. The number of aryl methyl sites for hydroxylation is 1. The minimum atomic E-state index is -0.256. The summed E-state index contributed by atoms with van der Waals surface area (Å²) in [6.45, 7) is 1.91. The summed E-state index contributed by atoms with van der Waals surface area (Å²) in [5.74, 6) is 1.16. The summed E-state index contributed by atoms with van der Waals surface area (Å²) in [4.78, 5) is 28.8. The van der Waals surface area contributed by atoms with Gasteiger partial charge < -0.3 is 24.4 Å². The van der Waals surface area contributed by atoms with Crippen molar-refractivity contribution in [1.29, 1.82) is 0 Å². The van der Waals surface area contributed by atoms with Gasteiger partial charge in [-0.15, -0.1) is 11.8 Å². The first kappa shape index (κ1) is 24.5. The van der Waals surface area contributed by atoms with Crippen LogP contribution in [-0.4, -0.2) is 39.7 Å². The van der Waals surface area contributed by atoms with E-state index in [1.165, 1.54) is 0 Å². The standard InChI is InChI=1S/C27H28N2O5S/c1-17-9-11-19(12-10-17)28-25(30)16-29-20-7-5-6-8-23(20)35-24(15-26(29)31)18-13-21(32-2)27(34-4)22(14-18)33-3/h5-14,24H,15-16H2,1-4H3,(H,28,30)/t24-/m0/s1. The van der Waals surface area contributed by atoms with Gasteiger partial charge in [0.05, 0.1) is 27.0 Å². The molecule has 1 N–H and O–H groups in total. The van der Waals surface area contributed by atoms with E-state index in [2.05, 4.69) is 5.32 Å². The Morgan fingerprint density at radius 3 is 2.29 bits per heavy atom. The molecule has 1 aliphatic heterocycles. The zero-order chi connectivity index (χ0) is 24.9. The van der Waals surface area contributed by atoms with E-state index in [9.17, 15) is 9.59 Å². The number of methoxy groups -OCH3 is 3. The molecule has 4 rings (SSSR count). The average Bonchev–Trinajstić information content (AvgIpc) is 3.00. The summed E-state index contributed by atoms with van der Waals surface area (Å²) in [6, 6.07) is 18.9. The number of nitrogens with zero attached hydrogens (tertiary/aromatic N) is 1. The second-order valence-corrected chi connectivity index (χ2v) is 9.38. The fraction of sp³-hybridized carbons (Fsp3) is 0.259. The first-order chi connectivity index (χ1) is 16.9. The SMILES string of the molecule is COc1cc([C@@H]2CC(=O)N(CC(=O)Nc3ccc(C)cc3)c3ccccc3S2)cc(OC)c1OC. The Morgan fingerprint density at radius 1 is 1.00 bits per heavy atom. The Kier molecular flexibility index (Phi) is 7.51. The zero-order valence-corrected chi connectivity index (χ0v) is 21.0. The summed E-state index contributed by atoms with van der Waals surface area (Å²) in [7, 11) is 4.69. The molecular formula is C27H28N2O5S. The second kappa shape index (κ2) is 10.7. The fourth-order valence-corrected chi connectivity index (χ4v) is 5.27. The van der Waals surface area contributed by atoms with Gasteiger partial charge in [0, 0.05) is 22.3 Å². The van der Waals surface area contributed by atoms with Crippen LogP contribution in [0, 0.1) is 6.92 Å². The maximum Gasteiger partial charge on any atom is 0.244 e. The third kappa shape index (κ3) is 5.38.